The fourth-order valence-corrected chi connectivity index (χ4v) is 3.09. The molecular weight excluding hydrogens is 318 g/mol. The van der Waals surface area contributed by atoms with Gasteiger partial charge in [0.25, 0.3) is 0 Å². The van der Waals surface area contributed by atoms with Gasteiger partial charge in [-0.15, -0.1) is 0 Å². The molecule has 3 rings (SSSR count). The number of benzene rings is 1. The fraction of sp³-hybridized carbons (Fsp3) is 0.526. The Balaban J connectivity index is 1.44. The Labute approximate surface area is 149 Å². The Morgan fingerprint density at radius 1 is 1.36 bits per heavy atom. The summed E-state index contributed by atoms with van der Waals surface area (Å²) in [6.45, 7) is 7.95. The molecule has 2 aromatic rings. The molecule has 1 aliphatic rings. The van der Waals surface area contributed by atoms with Crippen molar-refractivity contribution in [3.05, 3.63) is 47.8 Å². The monoisotopic (exact) mass is 345 g/mol. The number of para-hydroxylation sites is 1. The smallest absolute Gasteiger partial charge is 0.122 e. The average Bonchev–Trinajstić information content (AvgIpc) is 2.99. The molecule has 1 aromatic heterocycles. The summed E-state index contributed by atoms with van der Waals surface area (Å²) < 4.78 is 13.5. The van der Waals surface area contributed by atoms with E-state index in [1.165, 1.54) is 0 Å². The van der Waals surface area contributed by atoms with E-state index in [4.69, 9.17) is 9.47 Å². The standard InChI is InChI=1S/C19H27N3O3/c1-15-9-20-22(10-15)13-18-12-21(7-8-24-18)11-17(23)14-25-19-6-4-3-5-16(19)2/h3-6,9-10,17-18,23H,7-8,11-14H2,1-2H3/t17-,18+/m1/s1. The molecule has 0 amide bonds. The molecule has 1 aromatic carbocycles. The number of nitrogens with zero attached hydrogens (tertiary/aromatic N) is 3. The number of ether oxygens (including phenoxy) is 2. The molecule has 25 heavy (non-hydrogen) atoms. The summed E-state index contributed by atoms with van der Waals surface area (Å²) in [6.07, 6.45) is 3.45. The fourth-order valence-electron chi connectivity index (χ4n) is 3.09. The zero-order valence-electron chi connectivity index (χ0n) is 15.0. The summed E-state index contributed by atoms with van der Waals surface area (Å²) in [6, 6.07) is 7.86. The van der Waals surface area contributed by atoms with E-state index in [0.29, 0.717) is 19.8 Å². The number of rotatable bonds is 7. The van der Waals surface area contributed by atoms with Crippen LogP contribution in [0, 0.1) is 13.8 Å². The maximum Gasteiger partial charge on any atom is 0.122 e. The van der Waals surface area contributed by atoms with E-state index in [1.807, 2.05) is 55.2 Å². The highest BCUT2D eigenvalue weighted by atomic mass is 16.5. The quantitative estimate of drug-likeness (QED) is 0.827. The SMILES string of the molecule is Cc1cnn(C[C@@H]2CN(C[C@@H](O)COc3ccccc3C)CCO2)c1. The Kier molecular flexibility index (Phi) is 6.07. The predicted octanol–water partition coefficient (Wildman–Crippen LogP) is 1.64. The van der Waals surface area contributed by atoms with E-state index >= 15 is 0 Å². The van der Waals surface area contributed by atoms with Crippen LogP contribution in [0.2, 0.25) is 0 Å². The summed E-state index contributed by atoms with van der Waals surface area (Å²) in [7, 11) is 0. The minimum absolute atomic E-state index is 0.0949. The second-order valence-corrected chi connectivity index (χ2v) is 6.72. The molecule has 0 unspecified atom stereocenters. The Morgan fingerprint density at radius 2 is 2.20 bits per heavy atom. The third-order valence-corrected chi connectivity index (χ3v) is 4.37. The zero-order chi connectivity index (χ0) is 17.6. The van der Waals surface area contributed by atoms with Crippen LogP contribution < -0.4 is 4.74 Å². The molecule has 0 radical (unpaired) electrons. The highest BCUT2D eigenvalue weighted by molar-refractivity contribution is 5.31. The van der Waals surface area contributed by atoms with Crippen LogP contribution in [0.25, 0.3) is 0 Å². The van der Waals surface area contributed by atoms with Crippen molar-refractivity contribution in [2.75, 3.05) is 32.8 Å². The van der Waals surface area contributed by atoms with Crippen molar-refractivity contribution >= 4 is 0 Å². The van der Waals surface area contributed by atoms with Gasteiger partial charge in [-0.3, -0.25) is 9.58 Å². The Hall–Kier alpha value is -1.89. The first-order chi connectivity index (χ1) is 12.1. The van der Waals surface area contributed by atoms with Gasteiger partial charge >= 0.3 is 0 Å². The third-order valence-electron chi connectivity index (χ3n) is 4.37. The molecular formula is C19H27N3O3. The predicted molar refractivity (Wildman–Crippen MR) is 95.8 cm³/mol. The van der Waals surface area contributed by atoms with Crippen molar-refractivity contribution in [1.82, 2.24) is 14.7 Å². The number of hydrogen-bond donors (Lipinski definition) is 1. The lowest BCUT2D eigenvalue weighted by Crippen LogP contribution is -2.47. The molecule has 136 valence electrons. The average molecular weight is 345 g/mol. The molecule has 6 nitrogen and oxygen atoms in total. The number of β-amino-alcohol motifs (C(OH)–C–C–N with tert-alkyl or cyclic N) is 1. The van der Waals surface area contributed by atoms with Gasteiger partial charge < -0.3 is 14.6 Å². The van der Waals surface area contributed by atoms with Crippen LogP contribution in [0.1, 0.15) is 11.1 Å². The van der Waals surface area contributed by atoms with E-state index in [-0.39, 0.29) is 6.10 Å². The number of morpholine rings is 1. The summed E-state index contributed by atoms with van der Waals surface area (Å²) in [5, 5.41) is 14.6. The van der Waals surface area contributed by atoms with Gasteiger partial charge in [0.1, 0.15) is 18.5 Å². The van der Waals surface area contributed by atoms with Gasteiger partial charge in [-0.05, 0) is 31.0 Å². The van der Waals surface area contributed by atoms with Crippen molar-refractivity contribution < 1.29 is 14.6 Å². The number of aryl methyl sites for hydroxylation is 2. The van der Waals surface area contributed by atoms with Gasteiger partial charge in [-0.1, -0.05) is 18.2 Å². The lowest BCUT2D eigenvalue weighted by Gasteiger charge is -2.34. The van der Waals surface area contributed by atoms with Gasteiger partial charge in [0.15, 0.2) is 0 Å². The van der Waals surface area contributed by atoms with Crippen LogP contribution in [-0.2, 0) is 11.3 Å². The maximum atomic E-state index is 10.3. The number of aliphatic hydroxyl groups is 1. The highest BCUT2D eigenvalue weighted by Gasteiger charge is 2.23. The normalized spacial score (nSPS) is 19.7. The van der Waals surface area contributed by atoms with E-state index in [9.17, 15) is 5.11 Å². The third kappa shape index (κ3) is 5.29. The molecule has 2 atom stereocenters. The Bertz CT molecular complexity index is 673. The summed E-state index contributed by atoms with van der Waals surface area (Å²) in [5.41, 5.74) is 2.23. The largest absolute Gasteiger partial charge is 0.491 e. The van der Waals surface area contributed by atoms with Gasteiger partial charge in [-0.25, -0.2) is 0 Å². The van der Waals surface area contributed by atoms with Crippen molar-refractivity contribution in [2.45, 2.75) is 32.6 Å². The van der Waals surface area contributed by atoms with Crippen molar-refractivity contribution in [2.24, 2.45) is 0 Å². The van der Waals surface area contributed by atoms with Gasteiger partial charge in [0.05, 0.1) is 25.5 Å². The van der Waals surface area contributed by atoms with E-state index in [0.717, 1.165) is 36.5 Å². The van der Waals surface area contributed by atoms with E-state index in [1.54, 1.807) is 0 Å². The van der Waals surface area contributed by atoms with Crippen molar-refractivity contribution in [3.8, 4) is 5.75 Å². The molecule has 1 aliphatic heterocycles. The number of aliphatic hydroxyl groups excluding tert-OH is 1. The topological polar surface area (TPSA) is 59.8 Å². The van der Waals surface area contributed by atoms with Crippen LogP contribution in [0.3, 0.4) is 0 Å². The van der Waals surface area contributed by atoms with Gasteiger partial charge in [0.2, 0.25) is 0 Å². The molecule has 0 bridgehead atoms. The maximum absolute atomic E-state index is 10.3. The first-order valence-corrected chi connectivity index (χ1v) is 8.79. The minimum Gasteiger partial charge on any atom is -0.491 e. The van der Waals surface area contributed by atoms with Crippen LogP contribution in [0.5, 0.6) is 5.75 Å². The van der Waals surface area contributed by atoms with Crippen LogP contribution in [-0.4, -0.2) is 64.8 Å². The summed E-state index contributed by atoms with van der Waals surface area (Å²) in [4.78, 5) is 2.23. The summed E-state index contributed by atoms with van der Waals surface area (Å²) in [5.74, 6) is 0.829. The number of aromatic nitrogens is 2. The molecule has 0 aliphatic carbocycles. The molecule has 1 N–H and O–H groups in total. The highest BCUT2D eigenvalue weighted by Crippen LogP contribution is 2.16. The molecule has 1 fully saturated rings. The number of hydrogen-bond acceptors (Lipinski definition) is 5. The van der Waals surface area contributed by atoms with Crippen molar-refractivity contribution in [3.63, 3.8) is 0 Å². The lowest BCUT2D eigenvalue weighted by atomic mass is 10.2. The minimum atomic E-state index is -0.523. The molecule has 0 saturated carbocycles. The van der Waals surface area contributed by atoms with E-state index < -0.39 is 6.10 Å². The summed E-state index contributed by atoms with van der Waals surface area (Å²) >= 11 is 0. The van der Waals surface area contributed by atoms with Crippen LogP contribution >= 0.6 is 0 Å². The van der Waals surface area contributed by atoms with Crippen LogP contribution in [0.15, 0.2) is 36.7 Å². The first-order valence-electron chi connectivity index (χ1n) is 8.79. The van der Waals surface area contributed by atoms with Gasteiger partial charge in [0, 0.05) is 25.8 Å². The lowest BCUT2D eigenvalue weighted by molar-refractivity contribution is -0.0517. The second-order valence-electron chi connectivity index (χ2n) is 6.72. The van der Waals surface area contributed by atoms with Crippen LogP contribution in [0.4, 0.5) is 0 Å². The molecule has 2 heterocycles. The molecule has 1 saturated heterocycles. The Morgan fingerprint density at radius 3 is 2.96 bits per heavy atom. The molecule has 0 spiro atoms. The van der Waals surface area contributed by atoms with E-state index in [2.05, 4.69) is 10.00 Å². The van der Waals surface area contributed by atoms with Gasteiger partial charge in [-0.2, -0.15) is 5.10 Å². The second kappa shape index (κ2) is 8.47. The first kappa shape index (κ1) is 17.9. The zero-order valence-corrected chi connectivity index (χ0v) is 15.0. The molecule has 6 heteroatoms. The van der Waals surface area contributed by atoms with Crippen molar-refractivity contribution in [1.29, 1.82) is 0 Å².